The van der Waals surface area contributed by atoms with Crippen LogP contribution in [0.1, 0.15) is 26.3 Å². The molecule has 0 spiro atoms. The summed E-state index contributed by atoms with van der Waals surface area (Å²) in [5, 5.41) is 3.22. The van der Waals surface area contributed by atoms with Gasteiger partial charge in [-0.05, 0) is 32.4 Å². The first-order valence-electron chi connectivity index (χ1n) is 6.48. The molecule has 0 radical (unpaired) electrons. The van der Waals surface area contributed by atoms with Crippen LogP contribution in [0, 0.1) is 0 Å². The van der Waals surface area contributed by atoms with Crippen molar-refractivity contribution in [2.45, 2.75) is 32.9 Å². The number of amides is 1. The zero-order valence-corrected chi connectivity index (χ0v) is 14.3. The molecular formula is C14H21ClN2O3S. The van der Waals surface area contributed by atoms with E-state index >= 15 is 0 Å². The SMILES string of the molecule is CC(C)(C)NC(=O)CN(Cc1ccccc1Cl)S(C)(=O)=O. The van der Waals surface area contributed by atoms with Gasteiger partial charge in [-0.25, -0.2) is 8.42 Å². The molecule has 0 saturated carbocycles. The highest BCUT2D eigenvalue weighted by molar-refractivity contribution is 7.88. The van der Waals surface area contributed by atoms with E-state index in [4.69, 9.17) is 11.6 Å². The number of carbonyl (C=O) groups excluding carboxylic acids is 1. The van der Waals surface area contributed by atoms with Crippen molar-refractivity contribution in [2.24, 2.45) is 0 Å². The van der Waals surface area contributed by atoms with Crippen molar-refractivity contribution >= 4 is 27.5 Å². The lowest BCUT2D eigenvalue weighted by Gasteiger charge is -2.24. The summed E-state index contributed by atoms with van der Waals surface area (Å²) in [5.41, 5.74) is 0.248. The number of nitrogens with zero attached hydrogens (tertiary/aromatic N) is 1. The van der Waals surface area contributed by atoms with Gasteiger partial charge in [0, 0.05) is 17.1 Å². The summed E-state index contributed by atoms with van der Waals surface area (Å²) in [7, 11) is -3.52. The molecule has 0 aliphatic heterocycles. The van der Waals surface area contributed by atoms with E-state index < -0.39 is 15.6 Å². The molecular weight excluding hydrogens is 312 g/mol. The maximum Gasteiger partial charge on any atom is 0.235 e. The molecule has 0 unspecified atom stereocenters. The number of nitrogens with one attached hydrogen (secondary N) is 1. The van der Waals surface area contributed by atoms with E-state index in [0.29, 0.717) is 10.6 Å². The third kappa shape index (κ3) is 6.46. The lowest BCUT2D eigenvalue weighted by Crippen LogP contribution is -2.46. The fourth-order valence-electron chi connectivity index (χ4n) is 1.72. The Morgan fingerprint density at radius 3 is 2.33 bits per heavy atom. The normalized spacial score (nSPS) is 12.5. The van der Waals surface area contributed by atoms with Crippen LogP contribution >= 0.6 is 11.6 Å². The zero-order chi connectivity index (χ0) is 16.3. The summed E-state index contributed by atoms with van der Waals surface area (Å²) >= 11 is 6.04. The van der Waals surface area contributed by atoms with Crippen LogP contribution < -0.4 is 5.32 Å². The predicted molar refractivity (Wildman–Crippen MR) is 84.6 cm³/mol. The Morgan fingerprint density at radius 1 is 1.29 bits per heavy atom. The molecule has 7 heteroatoms. The van der Waals surface area contributed by atoms with Gasteiger partial charge >= 0.3 is 0 Å². The second-order valence-corrected chi connectivity index (χ2v) is 8.31. The van der Waals surface area contributed by atoms with Crippen molar-refractivity contribution in [1.29, 1.82) is 0 Å². The van der Waals surface area contributed by atoms with Gasteiger partial charge in [-0.1, -0.05) is 29.8 Å². The minimum absolute atomic E-state index is 0.0655. The number of halogens is 1. The molecule has 0 bridgehead atoms. The second kappa shape index (κ2) is 6.77. The molecule has 1 rings (SSSR count). The topological polar surface area (TPSA) is 66.5 Å². The standard InChI is InChI=1S/C14H21ClN2O3S/c1-14(2,3)16-13(18)10-17(21(4,19)20)9-11-7-5-6-8-12(11)15/h5-8H,9-10H2,1-4H3,(H,16,18). The van der Waals surface area contributed by atoms with Crippen molar-refractivity contribution < 1.29 is 13.2 Å². The first-order chi connectivity index (χ1) is 9.49. The van der Waals surface area contributed by atoms with Gasteiger partial charge < -0.3 is 5.32 Å². The third-order valence-electron chi connectivity index (χ3n) is 2.61. The Balaban J connectivity index is 2.89. The third-order valence-corrected chi connectivity index (χ3v) is 4.17. The average molecular weight is 333 g/mol. The molecule has 118 valence electrons. The number of sulfonamides is 1. The number of carbonyl (C=O) groups is 1. The smallest absolute Gasteiger partial charge is 0.235 e. The van der Waals surface area contributed by atoms with E-state index in [0.717, 1.165) is 10.6 Å². The molecule has 0 saturated heterocycles. The fourth-order valence-corrected chi connectivity index (χ4v) is 2.65. The molecule has 0 aliphatic carbocycles. The second-order valence-electron chi connectivity index (χ2n) is 5.92. The van der Waals surface area contributed by atoms with Crippen LogP contribution in [0.3, 0.4) is 0 Å². The average Bonchev–Trinajstić information content (AvgIpc) is 2.27. The van der Waals surface area contributed by atoms with E-state index in [-0.39, 0.29) is 19.0 Å². The van der Waals surface area contributed by atoms with Crippen LogP contribution in [0.25, 0.3) is 0 Å². The highest BCUT2D eigenvalue weighted by Gasteiger charge is 2.23. The summed E-state index contributed by atoms with van der Waals surface area (Å²) < 4.78 is 24.8. The van der Waals surface area contributed by atoms with E-state index in [1.54, 1.807) is 24.3 Å². The lowest BCUT2D eigenvalue weighted by molar-refractivity contribution is -0.122. The molecule has 0 fully saturated rings. The first-order valence-corrected chi connectivity index (χ1v) is 8.71. The van der Waals surface area contributed by atoms with Gasteiger partial charge in [-0.3, -0.25) is 4.79 Å². The van der Waals surface area contributed by atoms with Crippen LogP contribution in [0.2, 0.25) is 5.02 Å². The van der Waals surface area contributed by atoms with E-state index in [2.05, 4.69) is 5.32 Å². The van der Waals surface area contributed by atoms with Crippen molar-refractivity contribution in [1.82, 2.24) is 9.62 Å². The number of rotatable bonds is 5. The molecule has 0 heterocycles. The van der Waals surface area contributed by atoms with Crippen molar-refractivity contribution in [2.75, 3.05) is 12.8 Å². The van der Waals surface area contributed by atoms with Crippen LogP contribution in [0.15, 0.2) is 24.3 Å². The minimum Gasteiger partial charge on any atom is -0.350 e. The maximum atomic E-state index is 11.9. The van der Waals surface area contributed by atoms with Gasteiger partial charge in [0.25, 0.3) is 0 Å². The molecule has 5 nitrogen and oxygen atoms in total. The zero-order valence-electron chi connectivity index (χ0n) is 12.7. The number of hydrogen-bond donors (Lipinski definition) is 1. The van der Waals surface area contributed by atoms with E-state index in [9.17, 15) is 13.2 Å². The largest absolute Gasteiger partial charge is 0.350 e. The maximum absolute atomic E-state index is 11.9. The summed E-state index contributed by atoms with van der Waals surface area (Å²) in [6.45, 7) is 5.34. The molecule has 1 aromatic carbocycles. The minimum atomic E-state index is -3.52. The van der Waals surface area contributed by atoms with Crippen molar-refractivity contribution in [3.05, 3.63) is 34.9 Å². The lowest BCUT2D eigenvalue weighted by atomic mass is 10.1. The van der Waals surface area contributed by atoms with Crippen LogP contribution in [0.5, 0.6) is 0 Å². The molecule has 0 aliphatic rings. The first kappa shape index (κ1) is 17.9. The van der Waals surface area contributed by atoms with Crippen molar-refractivity contribution in [3.63, 3.8) is 0 Å². The Kier molecular flexibility index (Phi) is 5.78. The summed E-state index contributed by atoms with van der Waals surface area (Å²) in [6.07, 6.45) is 1.08. The van der Waals surface area contributed by atoms with Gasteiger partial charge in [-0.2, -0.15) is 4.31 Å². The molecule has 1 N–H and O–H groups in total. The van der Waals surface area contributed by atoms with Crippen LogP contribution in [0.4, 0.5) is 0 Å². The van der Waals surface area contributed by atoms with Crippen LogP contribution in [-0.4, -0.2) is 37.0 Å². The number of hydrogen-bond acceptors (Lipinski definition) is 3. The quantitative estimate of drug-likeness (QED) is 0.897. The Bertz CT molecular complexity index is 609. The Morgan fingerprint density at radius 2 is 1.86 bits per heavy atom. The molecule has 0 atom stereocenters. The molecule has 1 aromatic rings. The Labute approximate surface area is 131 Å². The summed E-state index contributed by atoms with van der Waals surface area (Å²) in [6, 6.07) is 6.97. The molecule has 1 amide bonds. The van der Waals surface area contributed by atoms with Crippen molar-refractivity contribution in [3.8, 4) is 0 Å². The van der Waals surface area contributed by atoms with Gasteiger partial charge in [0.05, 0.1) is 12.8 Å². The highest BCUT2D eigenvalue weighted by Crippen LogP contribution is 2.18. The summed E-state index contributed by atoms with van der Waals surface area (Å²) in [5.74, 6) is -0.347. The van der Waals surface area contributed by atoms with Gasteiger partial charge in [0.1, 0.15) is 0 Å². The van der Waals surface area contributed by atoms with Gasteiger partial charge in [0.2, 0.25) is 15.9 Å². The monoisotopic (exact) mass is 332 g/mol. The van der Waals surface area contributed by atoms with Gasteiger partial charge in [0.15, 0.2) is 0 Å². The molecule has 0 aromatic heterocycles. The van der Waals surface area contributed by atoms with E-state index in [1.165, 1.54) is 0 Å². The highest BCUT2D eigenvalue weighted by atomic mass is 35.5. The Hall–Kier alpha value is -1.11. The summed E-state index contributed by atoms with van der Waals surface area (Å²) in [4.78, 5) is 11.9. The number of benzene rings is 1. The molecule has 21 heavy (non-hydrogen) atoms. The van der Waals surface area contributed by atoms with Crippen LogP contribution in [-0.2, 0) is 21.4 Å². The van der Waals surface area contributed by atoms with Gasteiger partial charge in [-0.15, -0.1) is 0 Å². The fraction of sp³-hybridized carbons (Fsp3) is 0.500. The predicted octanol–water partition coefficient (Wildman–Crippen LogP) is 2.02. The van der Waals surface area contributed by atoms with E-state index in [1.807, 2.05) is 20.8 Å².